The van der Waals surface area contributed by atoms with E-state index in [0.717, 1.165) is 5.82 Å². The first-order valence-electron chi connectivity index (χ1n) is 5.52. The summed E-state index contributed by atoms with van der Waals surface area (Å²) < 4.78 is 0. The zero-order chi connectivity index (χ0) is 13.1. The lowest BCUT2D eigenvalue weighted by Crippen LogP contribution is -2.37. The van der Waals surface area contributed by atoms with Crippen molar-refractivity contribution in [1.82, 2.24) is 4.98 Å². The van der Waals surface area contributed by atoms with Gasteiger partial charge in [0.05, 0.1) is 17.3 Å². The van der Waals surface area contributed by atoms with E-state index in [2.05, 4.69) is 10.3 Å². The number of hydrogen-bond acceptors (Lipinski definition) is 4. The van der Waals surface area contributed by atoms with Crippen LogP contribution in [0.2, 0.25) is 0 Å². The molecule has 0 aliphatic heterocycles. The Morgan fingerprint density at radius 2 is 2.12 bits per heavy atom. The van der Waals surface area contributed by atoms with Crippen LogP contribution in [0, 0.1) is 5.41 Å². The molecule has 5 heteroatoms. The molecule has 0 atom stereocenters. The highest BCUT2D eigenvalue weighted by Gasteiger charge is 2.25. The Morgan fingerprint density at radius 1 is 1.47 bits per heavy atom. The third-order valence-electron chi connectivity index (χ3n) is 2.59. The minimum atomic E-state index is -0.569. The molecule has 0 unspecified atom stereocenters. The van der Waals surface area contributed by atoms with Gasteiger partial charge in [-0.2, -0.15) is 0 Å². The van der Waals surface area contributed by atoms with Gasteiger partial charge >= 0.3 is 0 Å². The van der Waals surface area contributed by atoms with Crippen molar-refractivity contribution in [3.63, 3.8) is 0 Å². The van der Waals surface area contributed by atoms with Crippen LogP contribution < -0.4 is 16.0 Å². The molecule has 0 aromatic carbocycles. The number of nitrogens with one attached hydrogen (secondary N) is 1. The predicted molar refractivity (Wildman–Crippen MR) is 70.0 cm³/mol. The Bertz CT molecular complexity index is 384. The first-order valence-corrected chi connectivity index (χ1v) is 5.52. The van der Waals surface area contributed by atoms with Gasteiger partial charge in [0.2, 0.25) is 5.91 Å². The fraction of sp³-hybridized carbons (Fsp3) is 0.500. The Kier molecular flexibility index (Phi) is 4.07. The number of amides is 1. The summed E-state index contributed by atoms with van der Waals surface area (Å²) in [5.41, 5.74) is 5.65. The number of carbonyl (C=O) groups is 1. The second-order valence-corrected chi connectivity index (χ2v) is 4.84. The standard InChI is InChI=1S/C12H20N4O/c1-12(2,8-13)11(17)15-9-5-6-10(14-7-9)16(3)4/h5-7H,8,13H2,1-4H3,(H,15,17). The SMILES string of the molecule is CN(C)c1ccc(NC(=O)C(C)(C)CN)cn1. The Hall–Kier alpha value is -1.62. The van der Waals surface area contributed by atoms with Crippen LogP contribution in [0.4, 0.5) is 11.5 Å². The summed E-state index contributed by atoms with van der Waals surface area (Å²) in [5, 5.41) is 2.80. The van der Waals surface area contributed by atoms with Crippen molar-refractivity contribution < 1.29 is 4.79 Å². The molecule has 94 valence electrons. The second-order valence-electron chi connectivity index (χ2n) is 4.84. The molecule has 17 heavy (non-hydrogen) atoms. The van der Waals surface area contributed by atoms with Crippen molar-refractivity contribution in [1.29, 1.82) is 0 Å². The molecule has 0 aliphatic rings. The fourth-order valence-electron chi connectivity index (χ4n) is 1.12. The van der Waals surface area contributed by atoms with Crippen molar-refractivity contribution in [3.05, 3.63) is 18.3 Å². The van der Waals surface area contributed by atoms with Crippen molar-refractivity contribution in [3.8, 4) is 0 Å². The zero-order valence-corrected chi connectivity index (χ0v) is 10.8. The van der Waals surface area contributed by atoms with Gasteiger partial charge in [-0.1, -0.05) is 0 Å². The number of aromatic nitrogens is 1. The zero-order valence-electron chi connectivity index (χ0n) is 10.8. The highest BCUT2D eigenvalue weighted by atomic mass is 16.2. The molecule has 0 aliphatic carbocycles. The van der Waals surface area contributed by atoms with Crippen LogP contribution >= 0.6 is 0 Å². The summed E-state index contributed by atoms with van der Waals surface area (Å²) in [6, 6.07) is 3.68. The van der Waals surface area contributed by atoms with E-state index in [9.17, 15) is 4.79 Å². The number of nitrogens with zero attached hydrogens (tertiary/aromatic N) is 2. The van der Waals surface area contributed by atoms with E-state index >= 15 is 0 Å². The lowest BCUT2D eigenvalue weighted by atomic mass is 9.92. The maximum absolute atomic E-state index is 11.9. The van der Waals surface area contributed by atoms with Gasteiger partial charge in [-0.3, -0.25) is 4.79 Å². The molecule has 0 spiro atoms. The lowest BCUT2D eigenvalue weighted by Gasteiger charge is -2.21. The van der Waals surface area contributed by atoms with E-state index in [4.69, 9.17) is 5.73 Å². The average molecular weight is 236 g/mol. The highest BCUT2D eigenvalue weighted by molar-refractivity contribution is 5.94. The van der Waals surface area contributed by atoms with Gasteiger partial charge in [0, 0.05) is 20.6 Å². The Balaban J connectivity index is 2.73. The van der Waals surface area contributed by atoms with Crippen molar-refractivity contribution in [2.75, 3.05) is 30.9 Å². The predicted octanol–water partition coefficient (Wildman–Crippen LogP) is 1.07. The molecule has 3 N–H and O–H groups in total. The quantitative estimate of drug-likeness (QED) is 0.820. The number of rotatable bonds is 4. The third-order valence-corrected chi connectivity index (χ3v) is 2.59. The highest BCUT2D eigenvalue weighted by Crippen LogP contribution is 2.17. The maximum atomic E-state index is 11.9. The van der Waals surface area contributed by atoms with E-state index in [0.29, 0.717) is 12.2 Å². The molecule has 1 rings (SSSR count). The number of pyridine rings is 1. The number of nitrogens with two attached hydrogens (primary N) is 1. The molecule has 0 bridgehead atoms. The van der Waals surface area contributed by atoms with Gasteiger partial charge in [0.15, 0.2) is 0 Å². The van der Waals surface area contributed by atoms with Crippen LogP contribution in [-0.4, -0.2) is 31.5 Å². The van der Waals surface area contributed by atoms with Gasteiger partial charge in [-0.15, -0.1) is 0 Å². The molecule has 5 nitrogen and oxygen atoms in total. The topological polar surface area (TPSA) is 71.2 Å². The van der Waals surface area contributed by atoms with Crippen LogP contribution in [-0.2, 0) is 4.79 Å². The largest absolute Gasteiger partial charge is 0.363 e. The number of anilines is 2. The molecule has 0 saturated carbocycles. The van der Waals surface area contributed by atoms with Crippen LogP contribution in [0.5, 0.6) is 0 Å². The summed E-state index contributed by atoms with van der Waals surface area (Å²) in [6.07, 6.45) is 1.64. The summed E-state index contributed by atoms with van der Waals surface area (Å²) in [4.78, 5) is 18.0. The Labute approximate surface area is 102 Å². The molecule has 0 radical (unpaired) electrons. The molecule has 1 aromatic heterocycles. The molecule has 0 saturated heterocycles. The van der Waals surface area contributed by atoms with Crippen LogP contribution in [0.15, 0.2) is 18.3 Å². The molecule has 1 aromatic rings. The minimum absolute atomic E-state index is 0.0978. The average Bonchev–Trinajstić information content (AvgIpc) is 2.29. The smallest absolute Gasteiger partial charge is 0.231 e. The first kappa shape index (κ1) is 13.4. The van der Waals surface area contributed by atoms with Crippen LogP contribution in [0.3, 0.4) is 0 Å². The van der Waals surface area contributed by atoms with Gasteiger partial charge in [0.25, 0.3) is 0 Å². The molecule has 1 amide bonds. The summed E-state index contributed by atoms with van der Waals surface area (Å²) in [6.45, 7) is 3.93. The maximum Gasteiger partial charge on any atom is 0.231 e. The summed E-state index contributed by atoms with van der Waals surface area (Å²) in [5.74, 6) is 0.750. The van der Waals surface area contributed by atoms with Crippen molar-refractivity contribution >= 4 is 17.4 Å². The van der Waals surface area contributed by atoms with E-state index in [1.807, 2.05) is 45.0 Å². The summed E-state index contributed by atoms with van der Waals surface area (Å²) >= 11 is 0. The van der Waals surface area contributed by atoms with Crippen LogP contribution in [0.25, 0.3) is 0 Å². The van der Waals surface area contributed by atoms with Gasteiger partial charge in [0.1, 0.15) is 5.82 Å². The number of carbonyl (C=O) groups excluding carboxylic acids is 1. The summed E-state index contributed by atoms with van der Waals surface area (Å²) in [7, 11) is 3.83. The monoisotopic (exact) mass is 236 g/mol. The minimum Gasteiger partial charge on any atom is -0.363 e. The van der Waals surface area contributed by atoms with Gasteiger partial charge < -0.3 is 16.0 Å². The number of hydrogen-bond donors (Lipinski definition) is 2. The molecule has 0 fully saturated rings. The lowest BCUT2D eigenvalue weighted by molar-refractivity contribution is -0.123. The molecular weight excluding hydrogens is 216 g/mol. The normalized spacial score (nSPS) is 11.1. The van der Waals surface area contributed by atoms with Crippen molar-refractivity contribution in [2.45, 2.75) is 13.8 Å². The van der Waals surface area contributed by atoms with E-state index in [-0.39, 0.29) is 5.91 Å². The van der Waals surface area contributed by atoms with Gasteiger partial charge in [-0.25, -0.2) is 4.98 Å². The van der Waals surface area contributed by atoms with E-state index < -0.39 is 5.41 Å². The second kappa shape index (κ2) is 5.14. The van der Waals surface area contributed by atoms with Crippen LogP contribution in [0.1, 0.15) is 13.8 Å². The fourth-order valence-corrected chi connectivity index (χ4v) is 1.12. The van der Waals surface area contributed by atoms with Crippen molar-refractivity contribution in [2.24, 2.45) is 11.1 Å². The Morgan fingerprint density at radius 3 is 2.53 bits per heavy atom. The molecular formula is C12H20N4O. The third kappa shape index (κ3) is 3.42. The van der Waals surface area contributed by atoms with E-state index in [1.165, 1.54) is 0 Å². The molecule has 1 heterocycles. The van der Waals surface area contributed by atoms with E-state index in [1.54, 1.807) is 6.20 Å². The van der Waals surface area contributed by atoms with Gasteiger partial charge in [-0.05, 0) is 26.0 Å². The first-order chi connectivity index (χ1) is 7.86.